The van der Waals surface area contributed by atoms with Gasteiger partial charge in [-0.05, 0) is 42.8 Å². The van der Waals surface area contributed by atoms with Crippen LogP contribution in [0.25, 0.3) is 0 Å². The molecule has 1 N–H and O–H groups in total. The molecule has 214 valence electrons. The van der Waals surface area contributed by atoms with E-state index in [0.717, 1.165) is 19.4 Å². The molecule has 3 rings (SSSR count). The number of carbonyl (C=O) groups excluding carboxylic acids is 2. The van der Waals surface area contributed by atoms with E-state index in [1.54, 1.807) is 0 Å². The summed E-state index contributed by atoms with van der Waals surface area (Å²) in [7, 11) is -2.50. The number of anilines is 1. The first-order chi connectivity index (χ1) is 19.7. The molecule has 1 aromatic heterocycles. The van der Waals surface area contributed by atoms with Crippen molar-refractivity contribution >= 4 is 17.6 Å². The van der Waals surface area contributed by atoms with Crippen molar-refractivity contribution in [2.75, 3.05) is 19.5 Å². The Kier molecular flexibility index (Phi) is 7.20. The van der Waals surface area contributed by atoms with Crippen LogP contribution in [0.5, 0.6) is 23.0 Å². The number of aryl methyl sites for hydroxylation is 1. The maximum absolute atomic E-state index is 15.3. The van der Waals surface area contributed by atoms with E-state index in [4.69, 9.17) is 8.85 Å². The Hall–Kier alpha value is -4.63. The number of alkyl halides is 6. The second-order valence-electron chi connectivity index (χ2n) is 7.59. The zero-order valence-electron chi connectivity index (χ0n) is 22.9. The number of pyridine rings is 1. The predicted molar refractivity (Wildman–Crippen MR) is 119 cm³/mol. The fourth-order valence-corrected chi connectivity index (χ4v) is 3.15. The second kappa shape index (κ2) is 11.2. The van der Waals surface area contributed by atoms with Crippen molar-refractivity contribution in [2.45, 2.75) is 19.5 Å². The molecule has 3 aromatic rings. The number of benzene rings is 2. The average molecular weight is 583 g/mol. The Morgan fingerprint density at radius 1 is 0.975 bits per heavy atom. The monoisotopic (exact) mass is 583 g/mol. The van der Waals surface area contributed by atoms with E-state index >= 15 is 4.39 Å². The lowest BCUT2D eigenvalue weighted by Crippen LogP contribution is -2.20. The van der Waals surface area contributed by atoms with Crippen molar-refractivity contribution in [1.82, 2.24) is 4.98 Å². The Labute approximate surface area is 223 Å². The fourth-order valence-electron chi connectivity index (χ4n) is 3.15. The van der Waals surface area contributed by atoms with Crippen molar-refractivity contribution in [3.8, 4) is 23.0 Å². The van der Waals surface area contributed by atoms with Crippen molar-refractivity contribution in [3.05, 3.63) is 70.5 Å². The Balaban J connectivity index is 2.18. The lowest BCUT2D eigenvalue weighted by atomic mass is 10.1. The van der Waals surface area contributed by atoms with Gasteiger partial charge >= 0.3 is 18.5 Å². The first kappa shape index (κ1) is 25.6. The van der Waals surface area contributed by atoms with E-state index in [2.05, 4.69) is 24.5 Å². The summed E-state index contributed by atoms with van der Waals surface area (Å²) in [6, 6.07) is 2.28. The SMILES string of the molecule is [2H]C([2H])([2H])Oc1c(Oc2ccc(C(F)(F)F)c(F)c2C(=O)Nc2cc(C(=O)OC)ncc2C)ccc(OC(F)(F)F)c1F. The molecular weight excluding hydrogens is 564 g/mol. The molecule has 0 radical (unpaired) electrons. The molecular formula is C24H16F8N2O6. The van der Waals surface area contributed by atoms with Crippen LogP contribution in [-0.4, -0.2) is 37.4 Å². The number of methoxy groups -OCH3 is 2. The third-order valence-electron chi connectivity index (χ3n) is 4.96. The number of esters is 1. The molecule has 1 heterocycles. The highest BCUT2D eigenvalue weighted by Gasteiger charge is 2.38. The molecule has 0 aliphatic rings. The topological polar surface area (TPSA) is 96.0 Å². The molecule has 2 aromatic carbocycles. The summed E-state index contributed by atoms with van der Waals surface area (Å²) in [5, 5.41) is 2.08. The standard InChI is InChI=1S/C24H16F8N2O6/c1-10-9-33-13(22(36)38-3)8-12(10)34-21(35)17-14(5-4-11(18(17)25)23(27,28)29)39-16-7-6-15(40-24(30,31)32)19(26)20(16)37-2/h4-9H,1-3H3,(H,33,34,35)/i2D3. The Morgan fingerprint density at radius 2 is 1.62 bits per heavy atom. The highest BCUT2D eigenvalue weighted by atomic mass is 19.4. The summed E-state index contributed by atoms with van der Waals surface area (Å²) < 4.78 is 148. The number of nitrogens with zero attached hydrogens (tertiary/aromatic N) is 1. The van der Waals surface area contributed by atoms with E-state index in [-0.39, 0.29) is 23.0 Å². The first-order valence-corrected chi connectivity index (χ1v) is 10.4. The largest absolute Gasteiger partial charge is 0.573 e. The van der Waals surface area contributed by atoms with Crippen molar-refractivity contribution < 1.29 is 67.8 Å². The summed E-state index contributed by atoms with van der Waals surface area (Å²) in [4.78, 5) is 28.7. The van der Waals surface area contributed by atoms with Crippen LogP contribution in [0, 0.1) is 18.6 Å². The first-order valence-electron chi connectivity index (χ1n) is 11.9. The molecule has 0 spiro atoms. The van der Waals surface area contributed by atoms with Crippen LogP contribution in [0.15, 0.2) is 36.5 Å². The molecule has 0 unspecified atom stereocenters. The summed E-state index contributed by atoms with van der Waals surface area (Å²) in [5.41, 5.74) is -3.86. The van der Waals surface area contributed by atoms with Crippen LogP contribution in [-0.2, 0) is 10.9 Å². The number of rotatable bonds is 7. The third kappa shape index (κ3) is 6.50. The van der Waals surface area contributed by atoms with Gasteiger partial charge in [-0.15, -0.1) is 13.2 Å². The molecule has 0 saturated carbocycles. The normalized spacial score (nSPS) is 13.0. The molecule has 0 bridgehead atoms. The molecule has 8 nitrogen and oxygen atoms in total. The van der Waals surface area contributed by atoms with Gasteiger partial charge in [0, 0.05) is 11.9 Å². The number of ether oxygens (including phenoxy) is 4. The van der Waals surface area contributed by atoms with E-state index in [1.807, 2.05) is 0 Å². The van der Waals surface area contributed by atoms with E-state index < -0.39 is 77.2 Å². The Morgan fingerprint density at radius 3 is 2.23 bits per heavy atom. The highest BCUT2D eigenvalue weighted by Crippen LogP contribution is 2.42. The molecule has 0 fully saturated rings. The number of nitrogens with one attached hydrogen (secondary N) is 1. The van der Waals surface area contributed by atoms with E-state index in [9.17, 15) is 40.3 Å². The van der Waals surface area contributed by atoms with E-state index in [0.29, 0.717) is 18.2 Å². The lowest BCUT2D eigenvalue weighted by Gasteiger charge is -2.18. The molecule has 16 heteroatoms. The number of carbonyl (C=O) groups is 2. The minimum atomic E-state index is -5.44. The minimum absolute atomic E-state index is 0.135. The van der Waals surface area contributed by atoms with Gasteiger partial charge in [-0.3, -0.25) is 4.79 Å². The zero-order valence-corrected chi connectivity index (χ0v) is 19.9. The van der Waals surface area contributed by atoms with Gasteiger partial charge in [0.05, 0.1) is 23.8 Å². The van der Waals surface area contributed by atoms with Crippen LogP contribution in [0.3, 0.4) is 0 Å². The van der Waals surface area contributed by atoms with Crippen LogP contribution in [0.2, 0.25) is 0 Å². The quantitative estimate of drug-likeness (QED) is 0.253. The van der Waals surface area contributed by atoms with Crippen LogP contribution >= 0.6 is 0 Å². The van der Waals surface area contributed by atoms with Crippen LogP contribution in [0.4, 0.5) is 40.8 Å². The molecule has 0 saturated heterocycles. The van der Waals surface area contributed by atoms with Crippen LogP contribution in [0.1, 0.15) is 36.1 Å². The van der Waals surface area contributed by atoms with Gasteiger partial charge in [-0.25, -0.2) is 14.2 Å². The van der Waals surface area contributed by atoms with Crippen molar-refractivity contribution in [3.63, 3.8) is 0 Å². The summed E-state index contributed by atoms with van der Waals surface area (Å²) in [6.07, 6.45) is -9.71. The zero-order chi connectivity index (χ0) is 32.5. The van der Waals surface area contributed by atoms with Crippen molar-refractivity contribution in [2.24, 2.45) is 0 Å². The van der Waals surface area contributed by atoms with Gasteiger partial charge in [0.25, 0.3) is 5.91 Å². The van der Waals surface area contributed by atoms with Crippen molar-refractivity contribution in [1.29, 1.82) is 0 Å². The summed E-state index contributed by atoms with van der Waals surface area (Å²) in [5.74, 6) is -12.1. The number of amides is 1. The van der Waals surface area contributed by atoms with Gasteiger partial charge in [-0.1, -0.05) is 0 Å². The maximum Gasteiger partial charge on any atom is 0.573 e. The smallest absolute Gasteiger partial charge is 0.490 e. The fraction of sp³-hybridized carbons (Fsp3) is 0.208. The number of hydrogen-bond donors (Lipinski definition) is 1. The van der Waals surface area contributed by atoms with Gasteiger partial charge in [0.2, 0.25) is 11.6 Å². The number of halogens is 8. The van der Waals surface area contributed by atoms with Gasteiger partial charge in [0.1, 0.15) is 17.0 Å². The lowest BCUT2D eigenvalue weighted by molar-refractivity contribution is -0.275. The summed E-state index contributed by atoms with van der Waals surface area (Å²) in [6.45, 7) is 1.36. The Bertz CT molecular complexity index is 1560. The highest BCUT2D eigenvalue weighted by molar-refractivity contribution is 6.07. The van der Waals surface area contributed by atoms with Crippen LogP contribution < -0.4 is 19.5 Å². The molecule has 0 atom stereocenters. The number of hydrogen-bond acceptors (Lipinski definition) is 7. The van der Waals surface area contributed by atoms with Gasteiger partial charge in [0.15, 0.2) is 17.3 Å². The van der Waals surface area contributed by atoms with Gasteiger partial charge < -0.3 is 24.3 Å². The number of aromatic nitrogens is 1. The average Bonchev–Trinajstić information content (AvgIpc) is 2.86. The minimum Gasteiger partial charge on any atom is -0.490 e. The third-order valence-corrected chi connectivity index (χ3v) is 4.96. The molecule has 0 aliphatic carbocycles. The maximum atomic E-state index is 15.3. The molecule has 1 amide bonds. The predicted octanol–water partition coefficient (Wildman–Crippen LogP) is 6.43. The van der Waals surface area contributed by atoms with E-state index in [1.165, 1.54) is 6.92 Å². The molecule has 0 aliphatic heterocycles. The second-order valence-corrected chi connectivity index (χ2v) is 7.59. The van der Waals surface area contributed by atoms with Gasteiger partial charge in [-0.2, -0.15) is 17.6 Å². The molecule has 40 heavy (non-hydrogen) atoms. The summed E-state index contributed by atoms with van der Waals surface area (Å²) >= 11 is 0.